The van der Waals surface area contributed by atoms with Gasteiger partial charge in [-0.2, -0.15) is 0 Å². The number of halogens is 1. The molecule has 0 amide bonds. The quantitative estimate of drug-likeness (QED) is 0.865. The van der Waals surface area contributed by atoms with Crippen LogP contribution < -0.4 is 5.32 Å². The zero-order valence-corrected chi connectivity index (χ0v) is 12.7. The van der Waals surface area contributed by atoms with E-state index >= 15 is 0 Å². The summed E-state index contributed by atoms with van der Waals surface area (Å²) in [6, 6.07) is 7.72. The van der Waals surface area contributed by atoms with Crippen molar-refractivity contribution in [3.63, 3.8) is 0 Å². The second-order valence-corrected chi connectivity index (χ2v) is 5.37. The molecule has 5 heteroatoms. The molecule has 0 radical (unpaired) electrons. The summed E-state index contributed by atoms with van der Waals surface area (Å²) in [5.41, 5.74) is 1.16. The van der Waals surface area contributed by atoms with Crippen molar-refractivity contribution >= 4 is 17.6 Å². The Hall–Kier alpha value is -1.10. The molecule has 1 aromatic carbocycles. The third-order valence-corrected chi connectivity index (χ3v) is 3.95. The Balaban J connectivity index is 2.14. The molecule has 0 bridgehead atoms. The van der Waals surface area contributed by atoms with Gasteiger partial charge in [0.05, 0.1) is 6.61 Å². The lowest BCUT2D eigenvalue weighted by molar-refractivity contribution is -0.151. The van der Waals surface area contributed by atoms with Crippen molar-refractivity contribution in [2.24, 2.45) is 0 Å². The van der Waals surface area contributed by atoms with Crippen LogP contribution in [0.5, 0.6) is 0 Å². The summed E-state index contributed by atoms with van der Waals surface area (Å²) in [6.45, 7) is 6.71. The van der Waals surface area contributed by atoms with E-state index in [0.717, 1.165) is 23.7 Å². The molecule has 1 aliphatic rings. The monoisotopic (exact) mass is 296 g/mol. The Morgan fingerprint density at radius 2 is 2.20 bits per heavy atom. The van der Waals surface area contributed by atoms with Gasteiger partial charge in [0.15, 0.2) is 0 Å². The molecule has 0 saturated carbocycles. The number of piperazine rings is 1. The van der Waals surface area contributed by atoms with Crippen LogP contribution in [0.4, 0.5) is 0 Å². The smallest absolute Gasteiger partial charge is 0.324 e. The van der Waals surface area contributed by atoms with Gasteiger partial charge in [-0.05, 0) is 31.5 Å². The van der Waals surface area contributed by atoms with Gasteiger partial charge in [0.1, 0.15) is 6.04 Å². The van der Waals surface area contributed by atoms with Crippen LogP contribution in [0.15, 0.2) is 24.3 Å². The van der Waals surface area contributed by atoms with Crippen molar-refractivity contribution in [3.05, 3.63) is 34.9 Å². The second-order valence-electron chi connectivity index (χ2n) is 4.94. The van der Waals surface area contributed by atoms with Crippen molar-refractivity contribution in [1.82, 2.24) is 10.2 Å². The first-order valence-electron chi connectivity index (χ1n) is 7.02. The Labute approximate surface area is 125 Å². The third kappa shape index (κ3) is 3.51. The standard InChI is InChI=1S/C15H21ClN2O2/c1-3-20-15(19)14-10-17-8-9-18(14)11(2)12-4-6-13(16)7-5-12/h4-7,11,14,17H,3,8-10H2,1-2H3. The summed E-state index contributed by atoms with van der Waals surface area (Å²) >= 11 is 5.92. The summed E-state index contributed by atoms with van der Waals surface area (Å²) in [5, 5.41) is 3.98. The minimum absolute atomic E-state index is 0.152. The van der Waals surface area contributed by atoms with Gasteiger partial charge in [0, 0.05) is 30.7 Å². The predicted octanol–water partition coefficient (Wildman–Crippen LogP) is 2.24. The zero-order valence-electron chi connectivity index (χ0n) is 11.9. The fourth-order valence-electron chi connectivity index (χ4n) is 2.57. The van der Waals surface area contributed by atoms with E-state index in [9.17, 15) is 4.79 Å². The number of rotatable bonds is 4. The fraction of sp³-hybridized carbons (Fsp3) is 0.533. The number of nitrogens with one attached hydrogen (secondary N) is 1. The van der Waals surface area contributed by atoms with E-state index in [1.807, 2.05) is 31.2 Å². The van der Waals surface area contributed by atoms with E-state index in [-0.39, 0.29) is 18.1 Å². The van der Waals surface area contributed by atoms with Gasteiger partial charge in [-0.3, -0.25) is 9.69 Å². The molecule has 1 aromatic rings. The van der Waals surface area contributed by atoms with Crippen molar-refractivity contribution in [1.29, 1.82) is 0 Å². The van der Waals surface area contributed by atoms with Crippen LogP contribution in [-0.4, -0.2) is 43.2 Å². The van der Waals surface area contributed by atoms with Crippen LogP contribution in [-0.2, 0) is 9.53 Å². The van der Waals surface area contributed by atoms with Crippen LogP contribution in [0.25, 0.3) is 0 Å². The Bertz CT molecular complexity index is 450. The summed E-state index contributed by atoms with van der Waals surface area (Å²) < 4.78 is 5.18. The SMILES string of the molecule is CCOC(=O)C1CNCCN1C(C)c1ccc(Cl)cc1. The normalized spacial score (nSPS) is 21.4. The minimum atomic E-state index is -0.227. The maximum atomic E-state index is 12.1. The van der Waals surface area contributed by atoms with Gasteiger partial charge < -0.3 is 10.1 Å². The van der Waals surface area contributed by atoms with Crippen molar-refractivity contribution in [3.8, 4) is 0 Å². The molecule has 2 unspecified atom stereocenters. The van der Waals surface area contributed by atoms with Crippen molar-refractivity contribution in [2.75, 3.05) is 26.2 Å². The average Bonchev–Trinajstić information content (AvgIpc) is 2.47. The maximum Gasteiger partial charge on any atom is 0.324 e. The lowest BCUT2D eigenvalue weighted by Crippen LogP contribution is -2.55. The van der Waals surface area contributed by atoms with E-state index in [4.69, 9.17) is 16.3 Å². The van der Waals surface area contributed by atoms with Crippen LogP contribution in [0.3, 0.4) is 0 Å². The van der Waals surface area contributed by atoms with Gasteiger partial charge in [0.2, 0.25) is 0 Å². The highest BCUT2D eigenvalue weighted by atomic mass is 35.5. The summed E-state index contributed by atoms with van der Waals surface area (Å²) in [7, 11) is 0. The lowest BCUT2D eigenvalue weighted by atomic mass is 10.0. The van der Waals surface area contributed by atoms with Crippen molar-refractivity contribution < 1.29 is 9.53 Å². The number of carbonyl (C=O) groups is 1. The number of esters is 1. The highest BCUT2D eigenvalue weighted by Gasteiger charge is 2.33. The zero-order chi connectivity index (χ0) is 14.5. The van der Waals surface area contributed by atoms with Gasteiger partial charge in [-0.25, -0.2) is 0 Å². The number of ether oxygens (including phenoxy) is 1. The molecule has 0 aliphatic carbocycles. The number of benzene rings is 1. The van der Waals surface area contributed by atoms with Crippen LogP contribution >= 0.6 is 11.6 Å². The van der Waals surface area contributed by atoms with E-state index in [2.05, 4.69) is 17.1 Å². The molecule has 2 atom stereocenters. The minimum Gasteiger partial charge on any atom is -0.465 e. The first-order chi connectivity index (χ1) is 9.63. The predicted molar refractivity (Wildman–Crippen MR) is 79.9 cm³/mol. The molecule has 0 spiro atoms. The van der Waals surface area contributed by atoms with Gasteiger partial charge in [0.25, 0.3) is 0 Å². The molecular weight excluding hydrogens is 276 g/mol. The number of carbonyl (C=O) groups excluding carboxylic acids is 1. The molecule has 0 aromatic heterocycles. The highest BCUT2D eigenvalue weighted by molar-refractivity contribution is 6.30. The molecule has 20 heavy (non-hydrogen) atoms. The third-order valence-electron chi connectivity index (χ3n) is 3.69. The van der Waals surface area contributed by atoms with Gasteiger partial charge >= 0.3 is 5.97 Å². The van der Waals surface area contributed by atoms with Crippen LogP contribution in [0.2, 0.25) is 5.02 Å². The number of nitrogens with zero attached hydrogens (tertiary/aromatic N) is 1. The average molecular weight is 297 g/mol. The Kier molecular flexibility index (Phi) is 5.40. The van der Waals surface area contributed by atoms with E-state index in [0.29, 0.717) is 13.2 Å². The Morgan fingerprint density at radius 3 is 2.85 bits per heavy atom. The molecule has 4 nitrogen and oxygen atoms in total. The van der Waals surface area contributed by atoms with Crippen molar-refractivity contribution in [2.45, 2.75) is 25.9 Å². The summed E-state index contributed by atoms with van der Waals surface area (Å²) in [6.07, 6.45) is 0. The summed E-state index contributed by atoms with van der Waals surface area (Å²) in [5.74, 6) is -0.152. The van der Waals surface area contributed by atoms with E-state index in [1.165, 1.54) is 0 Å². The molecule has 2 rings (SSSR count). The van der Waals surface area contributed by atoms with Gasteiger partial charge in [-0.15, -0.1) is 0 Å². The van der Waals surface area contributed by atoms with E-state index < -0.39 is 0 Å². The second kappa shape index (κ2) is 7.07. The molecule has 1 saturated heterocycles. The molecule has 1 heterocycles. The molecule has 1 fully saturated rings. The first kappa shape index (κ1) is 15.3. The molecule has 1 N–H and O–H groups in total. The maximum absolute atomic E-state index is 12.1. The summed E-state index contributed by atoms with van der Waals surface area (Å²) in [4.78, 5) is 14.3. The lowest BCUT2D eigenvalue weighted by Gasteiger charge is -2.38. The highest BCUT2D eigenvalue weighted by Crippen LogP contribution is 2.25. The van der Waals surface area contributed by atoms with Crippen LogP contribution in [0.1, 0.15) is 25.5 Å². The first-order valence-corrected chi connectivity index (χ1v) is 7.40. The Morgan fingerprint density at radius 1 is 1.50 bits per heavy atom. The topological polar surface area (TPSA) is 41.6 Å². The number of hydrogen-bond donors (Lipinski definition) is 1. The molecule has 1 aliphatic heterocycles. The largest absolute Gasteiger partial charge is 0.465 e. The van der Waals surface area contributed by atoms with E-state index in [1.54, 1.807) is 0 Å². The molecular formula is C15H21ClN2O2. The fourth-order valence-corrected chi connectivity index (χ4v) is 2.70. The van der Waals surface area contributed by atoms with Gasteiger partial charge in [-0.1, -0.05) is 23.7 Å². The molecule has 110 valence electrons. The number of hydrogen-bond acceptors (Lipinski definition) is 4. The van der Waals surface area contributed by atoms with Crippen LogP contribution in [0, 0.1) is 0 Å².